The molecule has 0 unspecified atom stereocenters. The minimum Gasteiger partial charge on any atom is -0.322 e. The summed E-state index contributed by atoms with van der Waals surface area (Å²) in [6.45, 7) is 4.04. The SMILES string of the molecule is Cc1cc(C)cc(N2C(=O)CS[C@@H]2c2ccc(NC(=O)c3ccccc3F)cc2)c1. The van der Waals surface area contributed by atoms with Gasteiger partial charge in [-0.15, -0.1) is 11.8 Å². The summed E-state index contributed by atoms with van der Waals surface area (Å²) in [6, 6.07) is 19.3. The molecule has 1 N–H and O–H groups in total. The van der Waals surface area contributed by atoms with Crippen LogP contribution in [0.5, 0.6) is 0 Å². The minimum absolute atomic E-state index is 0.000450. The van der Waals surface area contributed by atoms with Crippen LogP contribution < -0.4 is 10.2 Å². The van der Waals surface area contributed by atoms with Gasteiger partial charge < -0.3 is 5.32 Å². The number of aryl methyl sites for hydroxylation is 2. The van der Waals surface area contributed by atoms with Crippen LogP contribution in [0.2, 0.25) is 0 Å². The average Bonchev–Trinajstić information content (AvgIpc) is 3.09. The molecule has 0 radical (unpaired) electrons. The third-order valence-corrected chi connectivity index (χ3v) is 6.14. The van der Waals surface area contributed by atoms with Gasteiger partial charge >= 0.3 is 0 Å². The second-order valence-corrected chi connectivity index (χ2v) is 8.40. The lowest BCUT2D eigenvalue weighted by Gasteiger charge is -2.25. The normalized spacial score (nSPS) is 16.0. The van der Waals surface area contributed by atoms with E-state index in [1.165, 1.54) is 12.1 Å². The first-order valence-corrected chi connectivity index (χ1v) is 10.6. The number of thioether (sulfide) groups is 1. The molecule has 1 atom stereocenters. The van der Waals surface area contributed by atoms with E-state index in [-0.39, 0.29) is 16.8 Å². The van der Waals surface area contributed by atoms with Crippen LogP contribution in [-0.2, 0) is 4.79 Å². The van der Waals surface area contributed by atoms with Gasteiger partial charge in [0.05, 0.1) is 11.3 Å². The maximum atomic E-state index is 13.8. The van der Waals surface area contributed by atoms with Crippen molar-refractivity contribution >= 4 is 35.0 Å². The lowest BCUT2D eigenvalue weighted by atomic mass is 10.1. The van der Waals surface area contributed by atoms with E-state index in [4.69, 9.17) is 0 Å². The number of nitrogens with one attached hydrogen (secondary N) is 1. The van der Waals surface area contributed by atoms with E-state index in [1.54, 1.807) is 36.0 Å². The van der Waals surface area contributed by atoms with Crippen LogP contribution in [0.4, 0.5) is 15.8 Å². The Balaban J connectivity index is 1.55. The number of hydrogen-bond donors (Lipinski definition) is 1. The van der Waals surface area contributed by atoms with Crippen LogP contribution >= 0.6 is 11.8 Å². The topological polar surface area (TPSA) is 49.4 Å². The fourth-order valence-electron chi connectivity index (χ4n) is 3.61. The minimum atomic E-state index is -0.559. The molecule has 30 heavy (non-hydrogen) atoms. The zero-order valence-corrected chi connectivity index (χ0v) is 17.5. The van der Waals surface area contributed by atoms with Crippen molar-refractivity contribution in [3.05, 3.63) is 94.8 Å². The fourth-order valence-corrected chi connectivity index (χ4v) is 4.79. The van der Waals surface area contributed by atoms with Gasteiger partial charge in [0.25, 0.3) is 5.91 Å². The van der Waals surface area contributed by atoms with E-state index >= 15 is 0 Å². The number of carbonyl (C=O) groups excluding carboxylic acids is 2. The first-order valence-electron chi connectivity index (χ1n) is 9.60. The Morgan fingerprint density at radius 1 is 1.03 bits per heavy atom. The van der Waals surface area contributed by atoms with Crippen molar-refractivity contribution in [2.24, 2.45) is 0 Å². The summed E-state index contributed by atoms with van der Waals surface area (Å²) in [5, 5.41) is 2.59. The largest absolute Gasteiger partial charge is 0.322 e. The Hall–Kier alpha value is -3.12. The Bertz CT molecular complexity index is 1090. The number of benzene rings is 3. The summed E-state index contributed by atoms with van der Waals surface area (Å²) < 4.78 is 13.8. The van der Waals surface area contributed by atoms with Crippen molar-refractivity contribution in [1.82, 2.24) is 0 Å². The van der Waals surface area contributed by atoms with Gasteiger partial charge in [-0.25, -0.2) is 4.39 Å². The molecule has 2 amide bonds. The van der Waals surface area contributed by atoms with Crippen molar-refractivity contribution in [2.75, 3.05) is 16.0 Å². The van der Waals surface area contributed by atoms with Gasteiger partial charge in [0, 0.05) is 11.4 Å². The van der Waals surface area contributed by atoms with E-state index in [9.17, 15) is 14.0 Å². The number of hydrogen-bond acceptors (Lipinski definition) is 3. The van der Waals surface area contributed by atoms with Crippen LogP contribution in [-0.4, -0.2) is 17.6 Å². The number of anilines is 2. The molecule has 6 heteroatoms. The van der Waals surface area contributed by atoms with Gasteiger partial charge in [-0.05, 0) is 66.9 Å². The molecule has 1 heterocycles. The standard InChI is InChI=1S/C24H21FN2O2S/c1-15-11-16(2)13-19(12-15)27-22(28)14-30-24(27)17-7-9-18(10-8-17)26-23(29)20-5-3-4-6-21(20)25/h3-13,24H,14H2,1-2H3,(H,26,29)/t24-/m1/s1. The number of amides is 2. The highest BCUT2D eigenvalue weighted by atomic mass is 32.2. The predicted octanol–water partition coefficient (Wildman–Crippen LogP) is 5.47. The zero-order valence-electron chi connectivity index (χ0n) is 16.7. The number of rotatable bonds is 4. The smallest absolute Gasteiger partial charge is 0.258 e. The highest BCUT2D eigenvalue weighted by Crippen LogP contribution is 2.42. The number of nitrogens with zero attached hydrogens (tertiary/aromatic N) is 1. The molecule has 1 aliphatic rings. The maximum Gasteiger partial charge on any atom is 0.258 e. The molecule has 1 aliphatic heterocycles. The predicted molar refractivity (Wildman–Crippen MR) is 119 cm³/mol. The molecule has 0 aliphatic carbocycles. The number of halogens is 1. The Morgan fingerprint density at radius 3 is 2.37 bits per heavy atom. The third kappa shape index (κ3) is 4.09. The fraction of sp³-hybridized carbons (Fsp3) is 0.167. The van der Waals surface area contributed by atoms with E-state index in [2.05, 4.69) is 11.4 Å². The van der Waals surface area contributed by atoms with Crippen LogP contribution in [0.1, 0.15) is 32.4 Å². The molecule has 0 aromatic heterocycles. The first kappa shape index (κ1) is 20.2. The molecule has 4 nitrogen and oxygen atoms in total. The van der Waals surface area contributed by atoms with Gasteiger partial charge in [-0.3, -0.25) is 14.5 Å². The van der Waals surface area contributed by atoms with E-state index in [0.717, 1.165) is 22.4 Å². The summed E-state index contributed by atoms with van der Waals surface area (Å²) in [5.74, 6) is -0.560. The van der Waals surface area contributed by atoms with E-state index in [1.807, 2.05) is 43.0 Å². The summed E-state index contributed by atoms with van der Waals surface area (Å²) in [6.07, 6.45) is 0. The van der Waals surface area contributed by atoms with Crippen LogP contribution in [0, 0.1) is 19.7 Å². The van der Waals surface area contributed by atoms with Crippen molar-refractivity contribution in [2.45, 2.75) is 19.2 Å². The molecular weight excluding hydrogens is 399 g/mol. The monoisotopic (exact) mass is 420 g/mol. The molecule has 1 fully saturated rings. The van der Waals surface area contributed by atoms with E-state index < -0.39 is 11.7 Å². The quantitative estimate of drug-likeness (QED) is 0.609. The molecule has 0 saturated carbocycles. The second-order valence-electron chi connectivity index (χ2n) is 7.33. The molecule has 1 saturated heterocycles. The summed E-state index contributed by atoms with van der Waals surface area (Å²) in [4.78, 5) is 26.7. The maximum absolute atomic E-state index is 13.8. The zero-order chi connectivity index (χ0) is 21.3. The molecule has 3 aromatic carbocycles. The Labute approximate surface area is 179 Å². The lowest BCUT2D eigenvalue weighted by molar-refractivity contribution is -0.115. The molecular formula is C24H21FN2O2S. The van der Waals surface area contributed by atoms with Crippen molar-refractivity contribution in [3.63, 3.8) is 0 Å². The summed E-state index contributed by atoms with van der Waals surface area (Å²) in [7, 11) is 0. The molecule has 4 rings (SSSR count). The second kappa shape index (κ2) is 8.32. The summed E-state index contributed by atoms with van der Waals surface area (Å²) >= 11 is 1.58. The highest BCUT2D eigenvalue weighted by molar-refractivity contribution is 8.00. The lowest BCUT2D eigenvalue weighted by Crippen LogP contribution is -2.28. The van der Waals surface area contributed by atoms with Gasteiger partial charge in [-0.2, -0.15) is 0 Å². The van der Waals surface area contributed by atoms with Crippen molar-refractivity contribution in [1.29, 1.82) is 0 Å². The van der Waals surface area contributed by atoms with E-state index in [0.29, 0.717) is 11.4 Å². The third-order valence-electron chi connectivity index (χ3n) is 4.92. The van der Waals surface area contributed by atoms with Gasteiger partial charge in [0.1, 0.15) is 11.2 Å². The van der Waals surface area contributed by atoms with Crippen molar-refractivity contribution in [3.8, 4) is 0 Å². The van der Waals surface area contributed by atoms with Crippen molar-refractivity contribution < 1.29 is 14.0 Å². The van der Waals surface area contributed by atoms with Gasteiger partial charge in [-0.1, -0.05) is 30.3 Å². The van der Waals surface area contributed by atoms with Gasteiger partial charge in [0.2, 0.25) is 5.91 Å². The number of carbonyl (C=O) groups is 2. The molecule has 0 spiro atoms. The van der Waals surface area contributed by atoms with Crippen LogP contribution in [0.3, 0.4) is 0 Å². The Morgan fingerprint density at radius 2 is 1.70 bits per heavy atom. The summed E-state index contributed by atoms with van der Waals surface area (Å²) in [5.41, 5.74) is 4.65. The molecule has 3 aromatic rings. The molecule has 0 bridgehead atoms. The molecule has 152 valence electrons. The van der Waals surface area contributed by atoms with Crippen LogP contribution in [0.15, 0.2) is 66.7 Å². The van der Waals surface area contributed by atoms with Crippen LogP contribution in [0.25, 0.3) is 0 Å². The first-order chi connectivity index (χ1) is 14.4. The van der Waals surface area contributed by atoms with Gasteiger partial charge in [0.15, 0.2) is 0 Å². The highest BCUT2D eigenvalue weighted by Gasteiger charge is 2.34. The Kier molecular flexibility index (Phi) is 5.59. The average molecular weight is 421 g/mol.